The Balaban J connectivity index is 2.25. The van der Waals surface area contributed by atoms with Crippen molar-refractivity contribution >= 4 is 16.5 Å². The summed E-state index contributed by atoms with van der Waals surface area (Å²) in [6, 6.07) is 21.2. The zero-order valence-corrected chi connectivity index (χ0v) is 12.5. The van der Waals surface area contributed by atoms with Gasteiger partial charge in [-0.25, -0.2) is 0 Å². The average Bonchev–Trinajstić information content (AvgIpc) is 2.55. The number of anilines is 1. The summed E-state index contributed by atoms with van der Waals surface area (Å²) in [5.74, 6) is 0. The number of nitrogens with two attached hydrogens (primary N) is 1. The van der Waals surface area contributed by atoms with E-state index in [1.807, 2.05) is 0 Å². The number of hydrogen-bond acceptors (Lipinski definition) is 1. The monoisotopic (exact) mass is 275 g/mol. The molecule has 0 radical (unpaired) electrons. The largest absolute Gasteiger partial charge is 0.398 e. The van der Waals surface area contributed by atoms with Gasteiger partial charge >= 0.3 is 0 Å². The van der Waals surface area contributed by atoms with Gasteiger partial charge in [0.15, 0.2) is 0 Å². The second-order valence-electron chi connectivity index (χ2n) is 5.51. The van der Waals surface area contributed by atoms with E-state index in [1.54, 1.807) is 0 Å². The molecule has 0 aliphatic carbocycles. The van der Waals surface area contributed by atoms with Crippen LogP contribution in [0.2, 0.25) is 0 Å². The second-order valence-corrected chi connectivity index (χ2v) is 5.51. The Morgan fingerprint density at radius 3 is 2.38 bits per heavy atom. The van der Waals surface area contributed by atoms with Gasteiger partial charge in [0, 0.05) is 11.1 Å². The van der Waals surface area contributed by atoms with Crippen molar-refractivity contribution in [2.24, 2.45) is 0 Å². The van der Waals surface area contributed by atoms with Gasteiger partial charge in [0.05, 0.1) is 0 Å². The number of nitrogen functional groups attached to an aromatic ring is 1. The number of rotatable bonds is 4. The lowest BCUT2D eigenvalue weighted by atomic mass is 9.91. The SMILES string of the molecule is CCCCc1c(-c2ccccc2)cc2ccccc2c1N. The Labute approximate surface area is 126 Å². The van der Waals surface area contributed by atoms with Crippen molar-refractivity contribution in [3.63, 3.8) is 0 Å². The van der Waals surface area contributed by atoms with Gasteiger partial charge in [0.25, 0.3) is 0 Å². The molecule has 0 aromatic heterocycles. The summed E-state index contributed by atoms with van der Waals surface area (Å²) in [5.41, 5.74) is 11.3. The minimum absolute atomic E-state index is 0.945. The molecule has 0 saturated heterocycles. The average molecular weight is 275 g/mol. The third kappa shape index (κ3) is 2.64. The molecule has 0 bridgehead atoms. The van der Waals surface area contributed by atoms with Gasteiger partial charge in [0.1, 0.15) is 0 Å². The first-order valence-electron chi connectivity index (χ1n) is 7.66. The topological polar surface area (TPSA) is 26.0 Å². The minimum Gasteiger partial charge on any atom is -0.398 e. The van der Waals surface area contributed by atoms with E-state index in [0.29, 0.717) is 0 Å². The maximum absolute atomic E-state index is 6.50. The number of fused-ring (bicyclic) bond motifs is 1. The lowest BCUT2D eigenvalue weighted by molar-refractivity contribution is 0.798. The molecule has 0 atom stereocenters. The molecule has 106 valence electrons. The summed E-state index contributed by atoms with van der Waals surface area (Å²) < 4.78 is 0. The third-order valence-corrected chi connectivity index (χ3v) is 4.07. The van der Waals surface area contributed by atoms with Crippen molar-refractivity contribution in [3.8, 4) is 11.1 Å². The molecular weight excluding hydrogens is 254 g/mol. The molecule has 1 nitrogen and oxygen atoms in total. The highest BCUT2D eigenvalue weighted by atomic mass is 14.6. The number of benzene rings is 3. The van der Waals surface area contributed by atoms with Crippen molar-refractivity contribution in [2.45, 2.75) is 26.2 Å². The van der Waals surface area contributed by atoms with Crippen molar-refractivity contribution in [1.82, 2.24) is 0 Å². The van der Waals surface area contributed by atoms with Gasteiger partial charge < -0.3 is 5.73 Å². The molecule has 0 heterocycles. The maximum Gasteiger partial charge on any atom is 0.0432 e. The van der Waals surface area contributed by atoms with E-state index in [-0.39, 0.29) is 0 Å². The molecule has 0 spiro atoms. The highest BCUT2D eigenvalue weighted by molar-refractivity contribution is 5.99. The molecule has 1 heteroatoms. The molecule has 3 aromatic rings. The van der Waals surface area contributed by atoms with Crippen molar-refractivity contribution in [3.05, 3.63) is 66.2 Å². The van der Waals surface area contributed by atoms with Gasteiger partial charge in [-0.05, 0) is 41.0 Å². The molecular formula is C20H21N. The van der Waals surface area contributed by atoms with E-state index in [9.17, 15) is 0 Å². The standard InChI is InChI=1S/C20H21N/c1-2-3-12-18-19(15-9-5-4-6-10-15)14-16-11-7-8-13-17(16)20(18)21/h4-11,13-14H,2-3,12,21H2,1H3. The zero-order chi connectivity index (χ0) is 14.7. The van der Waals surface area contributed by atoms with E-state index < -0.39 is 0 Å². The van der Waals surface area contributed by atoms with Gasteiger partial charge in [-0.2, -0.15) is 0 Å². The molecule has 0 aliphatic heterocycles. The molecule has 3 rings (SSSR count). The molecule has 2 N–H and O–H groups in total. The Bertz CT molecular complexity index is 744. The lowest BCUT2D eigenvalue weighted by Crippen LogP contribution is -1.99. The predicted molar refractivity (Wildman–Crippen MR) is 92.4 cm³/mol. The number of unbranched alkanes of at least 4 members (excludes halogenated alkanes) is 1. The zero-order valence-electron chi connectivity index (χ0n) is 12.5. The summed E-state index contributed by atoms with van der Waals surface area (Å²) in [7, 11) is 0. The second kappa shape index (κ2) is 6.01. The van der Waals surface area contributed by atoms with E-state index >= 15 is 0 Å². The van der Waals surface area contributed by atoms with Crippen LogP contribution in [0, 0.1) is 0 Å². The van der Waals surface area contributed by atoms with Crippen LogP contribution in [0.1, 0.15) is 25.3 Å². The first kappa shape index (κ1) is 13.7. The van der Waals surface area contributed by atoms with Crippen LogP contribution in [0.3, 0.4) is 0 Å². The van der Waals surface area contributed by atoms with Crippen LogP contribution >= 0.6 is 0 Å². The van der Waals surface area contributed by atoms with Crippen LogP contribution in [0.25, 0.3) is 21.9 Å². The fraction of sp³-hybridized carbons (Fsp3) is 0.200. The fourth-order valence-electron chi connectivity index (χ4n) is 2.92. The molecule has 0 unspecified atom stereocenters. The molecule has 3 aromatic carbocycles. The Morgan fingerprint density at radius 2 is 1.62 bits per heavy atom. The van der Waals surface area contributed by atoms with Gasteiger partial charge in [-0.3, -0.25) is 0 Å². The summed E-state index contributed by atoms with van der Waals surface area (Å²) in [5, 5.41) is 2.39. The van der Waals surface area contributed by atoms with Crippen molar-refractivity contribution in [1.29, 1.82) is 0 Å². The van der Waals surface area contributed by atoms with Crippen LogP contribution in [0.5, 0.6) is 0 Å². The van der Waals surface area contributed by atoms with Crippen LogP contribution in [-0.4, -0.2) is 0 Å². The maximum atomic E-state index is 6.50. The summed E-state index contributed by atoms with van der Waals surface area (Å²) in [6.07, 6.45) is 3.39. The molecule has 21 heavy (non-hydrogen) atoms. The van der Waals surface area contributed by atoms with Gasteiger partial charge in [-0.15, -0.1) is 0 Å². The van der Waals surface area contributed by atoms with E-state index in [2.05, 4.69) is 67.6 Å². The smallest absolute Gasteiger partial charge is 0.0432 e. The number of hydrogen-bond donors (Lipinski definition) is 1. The highest BCUT2D eigenvalue weighted by Crippen LogP contribution is 2.35. The fourth-order valence-corrected chi connectivity index (χ4v) is 2.92. The van der Waals surface area contributed by atoms with Gasteiger partial charge in [-0.1, -0.05) is 67.9 Å². The van der Waals surface area contributed by atoms with Crippen molar-refractivity contribution < 1.29 is 0 Å². The predicted octanol–water partition coefficient (Wildman–Crippen LogP) is 5.43. The highest BCUT2D eigenvalue weighted by Gasteiger charge is 2.12. The molecule has 0 amide bonds. The summed E-state index contributed by atoms with van der Waals surface area (Å²) in [6.45, 7) is 2.22. The molecule has 0 saturated carbocycles. The van der Waals surface area contributed by atoms with Crippen LogP contribution in [0.15, 0.2) is 60.7 Å². The first-order chi connectivity index (χ1) is 10.3. The molecule has 0 aliphatic rings. The first-order valence-corrected chi connectivity index (χ1v) is 7.66. The summed E-state index contributed by atoms with van der Waals surface area (Å²) >= 11 is 0. The van der Waals surface area contributed by atoms with Crippen molar-refractivity contribution in [2.75, 3.05) is 5.73 Å². The van der Waals surface area contributed by atoms with Crippen LogP contribution in [0.4, 0.5) is 5.69 Å². The normalized spacial score (nSPS) is 10.9. The minimum atomic E-state index is 0.945. The summed E-state index contributed by atoms with van der Waals surface area (Å²) in [4.78, 5) is 0. The van der Waals surface area contributed by atoms with Crippen LogP contribution in [-0.2, 0) is 6.42 Å². The third-order valence-electron chi connectivity index (χ3n) is 4.07. The van der Waals surface area contributed by atoms with Crippen LogP contribution < -0.4 is 5.73 Å². The Morgan fingerprint density at radius 1 is 0.905 bits per heavy atom. The van der Waals surface area contributed by atoms with E-state index in [4.69, 9.17) is 5.73 Å². The van der Waals surface area contributed by atoms with E-state index in [0.717, 1.165) is 12.1 Å². The Kier molecular flexibility index (Phi) is 3.92. The van der Waals surface area contributed by atoms with Gasteiger partial charge in [0.2, 0.25) is 0 Å². The Hall–Kier alpha value is -2.28. The quantitative estimate of drug-likeness (QED) is 0.631. The lowest BCUT2D eigenvalue weighted by Gasteiger charge is -2.15. The molecule has 0 fully saturated rings. The van der Waals surface area contributed by atoms with E-state index in [1.165, 1.54) is 40.3 Å².